The van der Waals surface area contributed by atoms with Crippen molar-refractivity contribution in [2.24, 2.45) is 0 Å². The average molecular weight is 398 g/mol. The van der Waals surface area contributed by atoms with E-state index in [1.165, 1.54) is 0 Å². The van der Waals surface area contributed by atoms with Crippen LogP contribution in [-0.4, -0.2) is 15.1 Å². The monoisotopic (exact) mass is 397 g/mol. The van der Waals surface area contributed by atoms with Crippen LogP contribution >= 0.6 is 23.2 Å². The van der Waals surface area contributed by atoms with Crippen LogP contribution < -0.4 is 4.74 Å². The minimum absolute atomic E-state index is 0.323. The smallest absolute Gasteiger partial charge is 0.263 e. The molecular weight excluding hydrogens is 385 g/mol. The van der Waals surface area contributed by atoms with Gasteiger partial charge in [0.05, 0.1) is 0 Å². The Balaban J connectivity index is 1.58. The van der Waals surface area contributed by atoms with Gasteiger partial charge in [0.25, 0.3) is 5.89 Å². The van der Waals surface area contributed by atoms with Crippen molar-refractivity contribution < 1.29 is 9.26 Å². The lowest BCUT2D eigenvalue weighted by Gasteiger charge is -2.08. The van der Waals surface area contributed by atoms with Crippen molar-refractivity contribution in [2.45, 2.75) is 6.61 Å². The molecule has 0 unspecified atom stereocenters. The molecule has 2 heterocycles. The number of aromatic nitrogens is 3. The maximum absolute atomic E-state index is 6.03. The van der Waals surface area contributed by atoms with Crippen LogP contribution in [0.15, 0.2) is 71.4 Å². The van der Waals surface area contributed by atoms with Gasteiger partial charge in [0.1, 0.15) is 12.2 Å². The van der Waals surface area contributed by atoms with Gasteiger partial charge in [-0.2, -0.15) is 4.98 Å². The summed E-state index contributed by atoms with van der Waals surface area (Å²) in [4.78, 5) is 8.73. The minimum Gasteiger partial charge on any atom is -0.472 e. The Morgan fingerprint density at radius 2 is 1.78 bits per heavy atom. The van der Waals surface area contributed by atoms with Gasteiger partial charge in [-0.05, 0) is 42.0 Å². The third-order valence-electron chi connectivity index (χ3n) is 3.80. The largest absolute Gasteiger partial charge is 0.472 e. The molecular formula is C20H13Cl2N3O2. The SMILES string of the molecule is Clc1ccc(COc2ncccc2-c2nc(-c3cccc(Cl)c3)no2)cc1. The maximum Gasteiger partial charge on any atom is 0.263 e. The van der Waals surface area contributed by atoms with Gasteiger partial charge in [0.15, 0.2) is 0 Å². The normalized spacial score (nSPS) is 10.7. The second-order valence-corrected chi connectivity index (χ2v) is 6.58. The zero-order valence-corrected chi connectivity index (χ0v) is 15.5. The second kappa shape index (κ2) is 7.78. The van der Waals surface area contributed by atoms with Crippen molar-refractivity contribution in [1.29, 1.82) is 0 Å². The van der Waals surface area contributed by atoms with E-state index < -0.39 is 0 Å². The standard InChI is InChI=1S/C20H13Cl2N3O2/c21-15-8-6-13(7-9-15)12-26-19-17(5-2-10-23-19)20-24-18(25-27-20)14-3-1-4-16(22)11-14/h1-11H,12H2. The molecule has 2 aromatic heterocycles. The summed E-state index contributed by atoms with van der Waals surface area (Å²) in [6, 6.07) is 18.3. The first-order valence-electron chi connectivity index (χ1n) is 8.11. The molecule has 0 spiro atoms. The lowest BCUT2D eigenvalue weighted by Crippen LogP contribution is -1.99. The maximum atomic E-state index is 6.03. The van der Waals surface area contributed by atoms with E-state index in [-0.39, 0.29) is 0 Å². The molecule has 4 rings (SSSR count). The van der Waals surface area contributed by atoms with Crippen LogP contribution in [0.3, 0.4) is 0 Å². The van der Waals surface area contributed by atoms with E-state index in [0.717, 1.165) is 11.1 Å². The number of benzene rings is 2. The molecule has 0 N–H and O–H groups in total. The summed E-state index contributed by atoms with van der Waals surface area (Å²) in [7, 11) is 0. The van der Waals surface area contributed by atoms with Crippen LogP contribution in [0, 0.1) is 0 Å². The zero-order valence-electron chi connectivity index (χ0n) is 14.0. The summed E-state index contributed by atoms with van der Waals surface area (Å²) in [6.07, 6.45) is 1.65. The number of hydrogen-bond donors (Lipinski definition) is 0. The first-order valence-corrected chi connectivity index (χ1v) is 8.87. The average Bonchev–Trinajstić information content (AvgIpc) is 3.18. The molecule has 0 bridgehead atoms. The molecule has 0 amide bonds. The van der Waals surface area contributed by atoms with Crippen molar-refractivity contribution in [3.8, 4) is 28.7 Å². The molecule has 4 aromatic rings. The molecule has 0 saturated carbocycles. The molecule has 0 aliphatic heterocycles. The quantitative estimate of drug-likeness (QED) is 0.433. The van der Waals surface area contributed by atoms with E-state index in [0.29, 0.717) is 39.8 Å². The summed E-state index contributed by atoms with van der Waals surface area (Å²) in [6.45, 7) is 0.344. The molecule has 0 radical (unpaired) electrons. The predicted molar refractivity (Wildman–Crippen MR) is 104 cm³/mol. The Morgan fingerprint density at radius 1 is 0.926 bits per heavy atom. The lowest BCUT2D eigenvalue weighted by atomic mass is 10.2. The fraction of sp³-hybridized carbons (Fsp3) is 0.0500. The Bertz CT molecular complexity index is 1060. The van der Waals surface area contributed by atoms with Crippen LogP contribution in [0.4, 0.5) is 0 Å². The summed E-state index contributed by atoms with van der Waals surface area (Å²) in [5.74, 6) is 1.18. The number of rotatable bonds is 5. The van der Waals surface area contributed by atoms with E-state index in [9.17, 15) is 0 Å². The van der Waals surface area contributed by atoms with E-state index >= 15 is 0 Å². The van der Waals surface area contributed by atoms with Gasteiger partial charge < -0.3 is 9.26 Å². The second-order valence-electron chi connectivity index (χ2n) is 5.70. The van der Waals surface area contributed by atoms with Gasteiger partial charge in [-0.3, -0.25) is 0 Å². The Kier molecular flexibility index (Phi) is 5.05. The molecule has 0 aliphatic rings. The van der Waals surface area contributed by atoms with Crippen molar-refractivity contribution in [1.82, 2.24) is 15.1 Å². The number of pyridine rings is 1. The van der Waals surface area contributed by atoms with Gasteiger partial charge in [0.2, 0.25) is 11.7 Å². The van der Waals surface area contributed by atoms with Gasteiger partial charge in [-0.1, -0.05) is 52.6 Å². The Morgan fingerprint density at radius 3 is 2.59 bits per heavy atom. The lowest BCUT2D eigenvalue weighted by molar-refractivity contribution is 0.293. The molecule has 134 valence electrons. The van der Waals surface area contributed by atoms with Crippen molar-refractivity contribution in [2.75, 3.05) is 0 Å². The fourth-order valence-corrected chi connectivity index (χ4v) is 2.79. The van der Waals surface area contributed by atoms with Gasteiger partial charge >= 0.3 is 0 Å². The van der Waals surface area contributed by atoms with Crippen LogP contribution in [0.2, 0.25) is 10.0 Å². The summed E-state index contributed by atoms with van der Waals surface area (Å²) >= 11 is 11.9. The van der Waals surface area contributed by atoms with E-state index in [1.807, 2.05) is 42.5 Å². The highest BCUT2D eigenvalue weighted by molar-refractivity contribution is 6.31. The number of nitrogens with zero attached hydrogens (tertiary/aromatic N) is 3. The van der Waals surface area contributed by atoms with Gasteiger partial charge in [0, 0.05) is 21.8 Å². The van der Waals surface area contributed by atoms with Crippen molar-refractivity contribution in [3.63, 3.8) is 0 Å². The van der Waals surface area contributed by atoms with Crippen LogP contribution in [0.25, 0.3) is 22.8 Å². The molecule has 2 aromatic carbocycles. The highest BCUT2D eigenvalue weighted by Gasteiger charge is 2.16. The van der Waals surface area contributed by atoms with Crippen LogP contribution in [0.5, 0.6) is 5.88 Å². The van der Waals surface area contributed by atoms with Crippen LogP contribution in [0.1, 0.15) is 5.56 Å². The van der Waals surface area contributed by atoms with Crippen molar-refractivity contribution >= 4 is 23.2 Å². The highest BCUT2D eigenvalue weighted by atomic mass is 35.5. The van der Waals surface area contributed by atoms with Crippen LogP contribution in [-0.2, 0) is 6.61 Å². The van der Waals surface area contributed by atoms with E-state index in [2.05, 4.69) is 15.1 Å². The molecule has 27 heavy (non-hydrogen) atoms. The topological polar surface area (TPSA) is 61.0 Å². The van der Waals surface area contributed by atoms with Crippen molar-refractivity contribution in [3.05, 3.63) is 82.5 Å². The summed E-state index contributed by atoms with van der Waals surface area (Å²) < 4.78 is 11.3. The first kappa shape index (κ1) is 17.5. The molecule has 0 saturated heterocycles. The van der Waals surface area contributed by atoms with Gasteiger partial charge in [-0.15, -0.1) is 0 Å². The van der Waals surface area contributed by atoms with E-state index in [1.54, 1.807) is 24.4 Å². The number of ether oxygens (including phenoxy) is 1. The Hall–Kier alpha value is -2.89. The van der Waals surface area contributed by atoms with E-state index in [4.69, 9.17) is 32.5 Å². The summed E-state index contributed by atoms with van der Waals surface area (Å²) in [5, 5.41) is 5.31. The predicted octanol–water partition coefficient (Wildman–Crippen LogP) is 5.68. The minimum atomic E-state index is 0.323. The zero-order chi connectivity index (χ0) is 18.6. The molecule has 7 heteroatoms. The third-order valence-corrected chi connectivity index (χ3v) is 4.29. The highest BCUT2D eigenvalue weighted by Crippen LogP contribution is 2.29. The number of halogens is 2. The summed E-state index contributed by atoms with van der Waals surface area (Å²) in [5.41, 5.74) is 2.36. The molecule has 0 fully saturated rings. The van der Waals surface area contributed by atoms with Gasteiger partial charge in [-0.25, -0.2) is 4.98 Å². The fourth-order valence-electron chi connectivity index (χ4n) is 2.48. The first-order chi connectivity index (χ1) is 13.2. The number of hydrogen-bond acceptors (Lipinski definition) is 5. The molecule has 0 atom stereocenters. The third kappa shape index (κ3) is 4.10. The molecule has 0 aliphatic carbocycles. The Labute approximate surface area is 165 Å². The molecule has 5 nitrogen and oxygen atoms in total.